The predicted molar refractivity (Wildman–Crippen MR) is 157 cm³/mol. The fourth-order valence-corrected chi connectivity index (χ4v) is 15.9. The van der Waals surface area contributed by atoms with Crippen LogP contribution < -0.4 is 0 Å². The van der Waals surface area contributed by atoms with E-state index in [2.05, 4.69) is 111 Å². The Kier molecular flexibility index (Phi) is 9.24. The monoisotopic (exact) mass is 591 g/mol. The van der Waals surface area contributed by atoms with Crippen LogP contribution in [-0.4, -0.2) is 6.88 Å². The summed E-state index contributed by atoms with van der Waals surface area (Å²) >= 11 is -2.45. The van der Waals surface area contributed by atoms with Gasteiger partial charge in [0, 0.05) is 0 Å². The molecule has 0 amide bonds. The number of rotatable bonds is 4. The normalized spacial score (nSPS) is 16.9. The first kappa shape index (κ1) is 29.8. The van der Waals surface area contributed by atoms with E-state index in [0.29, 0.717) is 3.63 Å². The Labute approximate surface area is 226 Å². The first-order chi connectivity index (χ1) is 14.9. The second-order valence-electron chi connectivity index (χ2n) is 12.1. The van der Waals surface area contributed by atoms with E-state index >= 15 is 0 Å². The van der Waals surface area contributed by atoms with Crippen LogP contribution in [0.2, 0.25) is 8.26 Å². The largest absolute Gasteiger partial charge is 0.147 e. The summed E-state index contributed by atoms with van der Waals surface area (Å²) in [5, 5.41) is 0. The molecule has 185 valence electrons. The molecule has 2 aliphatic rings. The van der Waals surface area contributed by atoms with E-state index in [9.17, 15) is 0 Å². The average molecular weight is 594 g/mol. The van der Waals surface area contributed by atoms with Crippen molar-refractivity contribution in [1.29, 1.82) is 0 Å². The van der Waals surface area contributed by atoms with Gasteiger partial charge in [0.05, 0.1) is 0 Å². The standard InChI is InChI=1S/C26H29.2C2H5.2ClH.H2Si.Zr/c1-25(2,3)19-11-12-20-18(15-19)16-22-21(20)13-14-23(26(4,5)6)24(22)17-9-7-8-10-17;2*1-2;;;;/h7-9,11-16H,10H2,1-6H3;2*1H2,2H3;2*1H;1H2;. The van der Waals surface area contributed by atoms with Crippen LogP contribution >= 0.6 is 24.8 Å². The second-order valence-corrected chi connectivity index (χ2v) is 32.0. The maximum absolute atomic E-state index is 2.60. The average Bonchev–Trinajstić information content (AvgIpc) is 3.37. The zero-order chi connectivity index (χ0) is 23.5. The summed E-state index contributed by atoms with van der Waals surface area (Å²) in [4.78, 5) is 0. The zero-order valence-corrected chi connectivity index (χ0v) is 27.8. The third kappa shape index (κ3) is 5.04. The molecule has 2 aromatic carbocycles. The van der Waals surface area contributed by atoms with Crippen LogP contribution in [0.3, 0.4) is 0 Å². The molecule has 1 unspecified atom stereocenters. The topological polar surface area (TPSA) is 0 Å². The van der Waals surface area contributed by atoms with Crippen LogP contribution in [0.1, 0.15) is 93.3 Å². The Balaban J connectivity index is 0.00000204. The van der Waals surface area contributed by atoms with Crippen LogP contribution in [-0.2, 0) is 29.7 Å². The molecule has 1 atom stereocenters. The van der Waals surface area contributed by atoms with Crippen molar-refractivity contribution < 1.29 is 18.9 Å². The van der Waals surface area contributed by atoms with Crippen LogP contribution in [0.15, 0.2) is 48.6 Å². The Hall–Kier alpha value is -0.400. The van der Waals surface area contributed by atoms with Crippen molar-refractivity contribution in [2.75, 3.05) is 0 Å². The van der Waals surface area contributed by atoms with Crippen molar-refractivity contribution in [1.82, 2.24) is 0 Å². The van der Waals surface area contributed by atoms with Crippen molar-refractivity contribution in [3.05, 3.63) is 76.4 Å². The van der Waals surface area contributed by atoms with Crippen molar-refractivity contribution >= 4 is 37.3 Å². The van der Waals surface area contributed by atoms with Gasteiger partial charge in [-0.2, -0.15) is 0 Å². The first-order valence-electron chi connectivity index (χ1n) is 12.5. The quantitative estimate of drug-likeness (QED) is 0.310. The molecule has 34 heavy (non-hydrogen) atoms. The summed E-state index contributed by atoms with van der Waals surface area (Å²) in [6.45, 7) is 21.7. The maximum Gasteiger partial charge on any atom is -0.147 e. The van der Waals surface area contributed by atoms with E-state index in [1.165, 1.54) is 36.1 Å². The predicted octanol–water partition coefficient (Wildman–Crippen LogP) is 9.12. The number of benzene rings is 2. The summed E-state index contributed by atoms with van der Waals surface area (Å²) in [6, 6.07) is 12.4. The summed E-state index contributed by atoms with van der Waals surface area (Å²) in [6.07, 6.45) is 8.06. The molecule has 2 aliphatic carbocycles. The molecule has 0 fully saturated rings. The molecule has 2 aromatic rings. The van der Waals surface area contributed by atoms with Gasteiger partial charge in [0.25, 0.3) is 0 Å². The van der Waals surface area contributed by atoms with Crippen LogP contribution in [0.5, 0.6) is 0 Å². The Morgan fingerprint density at radius 1 is 0.882 bits per heavy atom. The minimum Gasteiger partial charge on any atom is -0.147 e. The molecule has 0 radical (unpaired) electrons. The van der Waals surface area contributed by atoms with Crippen molar-refractivity contribution in [2.45, 2.75) is 84.5 Å². The first-order valence-corrected chi connectivity index (χ1v) is 23.3. The number of halogens is 2. The number of hydrogen-bond acceptors (Lipinski definition) is 0. The minimum absolute atomic E-state index is 0. The third-order valence-corrected chi connectivity index (χ3v) is 27.7. The third-order valence-electron chi connectivity index (χ3n) is 7.97. The zero-order valence-electron chi connectivity index (χ0n) is 22.3. The van der Waals surface area contributed by atoms with Gasteiger partial charge in [-0.3, -0.25) is 0 Å². The van der Waals surface area contributed by atoms with Gasteiger partial charge in [0.15, 0.2) is 0 Å². The second kappa shape index (κ2) is 10.5. The van der Waals surface area contributed by atoms with Gasteiger partial charge in [-0.05, 0) is 0 Å². The van der Waals surface area contributed by atoms with E-state index in [1.807, 2.05) is 0 Å². The SMILES string of the molecule is C[CH2][Zr](=[SiH2])([CH2]C)[CH]1c2cc(C(C)(C)C)ccc2-c2ccc(C(C)(C)C)c(C3=CC=CC3)c21.Cl.Cl. The molecule has 0 bridgehead atoms. The van der Waals surface area contributed by atoms with Gasteiger partial charge in [0.2, 0.25) is 0 Å². The van der Waals surface area contributed by atoms with Crippen molar-refractivity contribution in [3.8, 4) is 11.1 Å². The molecule has 0 nitrogen and oxygen atoms in total. The fraction of sp³-hybridized carbons (Fsp3) is 0.467. The minimum atomic E-state index is -2.45. The molecule has 4 rings (SSSR count). The molecule has 0 aromatic heterocycles. The molecule has 0 aliphatic heterocycles. The van der Waals surface area contributed by atoms with Crippen LogP contribution in [0.25, 0.3) is 16.7 Å². The fourth-order valence-electron chi connectivity index (χ4n) is 5.72. The number of hydrogen-bond donors (Lipinski definition) is 0. The van der Waals surface area contributed by atoms with Gasteiger partial charge in [-0.15, -0.1) is 24.8 Å². The van der Waals surface area contributed by atoms with E-state index in [4.69, 9.17) is 0 Å². The van der Waals surface area contributed by atoms with Gasteiger partial charge >= 0.3 is 203 Å². The van der Waals surface area contributed by atoms with Crippen molar-refractivity contribution in [3.63, 3.8) is 0 Å². The Morgan fingerprint density at radius 3 is 2.00 bits per heavy atom. The molecule has 0 heterocycles. The summed E-state index contributed by atoms with van der Waals surface area (Å²) in [5.41, 5.74) is 12.8. The van der Waals surface area contributed by atoms with E-state index < -0.39 is 18.9 Å². The van der Waals surface area contributed by atoms with E-state index in [0.717, 1.165) is 6.42 Å². The van der Waals surface area contributed by atoms with E-state index in [-0.39, 0.29) is 35.6 Å². The van der Waals surface area contributed by atoms with Gasteiger partial charge in [-0.25, -0.2) is 0 Å². The molecular weight excluding hydrogens is 551 g/mol. The molecule has 4 heteroatoms. The molecule has 0 N–H and O–H groups in total. The maximum atomic E-state index is 2.60. The molecule has 0 saturated heterocycles. The van der Waals surface area contributed by atoms with E-state index in [1.54, 1.807) is 16.7 Å². The summed E-state index contributed by atoms with van der Waals surface area (Å²) in [7, 11) is 0. The number of fused-ring (bicyclic) bond motifs is 3. The smallest absolute Gasteiger partial charge is 0.147 e. The Morgan fingerprint density at radius 2 is 1.50 bits per heavy atom. The van der Waals surface area contributed by atoms with Gasteiger partial charge in [0.1, 0.15) is 0 Å². The van der Waals surface area contributed by atoms with Gasteiger partial charge < -0.3 is 0 Å². The molecular formula is C30H43Cl2SiZr. The Bertz CT molecular complexity index is 1170. The summed E-state index contributed by atoms with van der Waals surface area (Å²) < 4.78 is 3.47. The summed E-state index contributed by atoms with van der Waals surface area (Å²) in [5.74, 6) is 0. The molecule has 0 spiro atoms. The van der Waals surface area contributed by atoms with Crippen LogP contribution in [0, 0.1) is 0 Å². The van der Waals surface area contributed by atoms with Crippen molar-refractivity contribution in [2.24, 2.45) is 0 Å². The van der Waals surface area contributed by atoms with Crippen LogP contribution in [0.4, 0.5) is 0 Å². The number of allylic oxidation sites excluding steroid dienone is 4. The van der Waals surface area contributed by atoms with Gasteiger partial charge in [-0.1, -0.05) is 0 Å². The molecule has 0 saturated carbocycles.